The third-order valence-corrected chi connectivity index (χ3v) is 3.86. The van der Waals surface area contributed by atoms with Crippen molar-refractivity contribution in [2.45, 2.75) is 17.9 Å². The van der Waals surface area contributed by atoms with Crippen LogP contribution in [0.5, 0.6) is 0 Å². The van der Waals surface area contributed by atoms with E-state index in [9.17, 15) is 13.2 Å². The number of nitrogens with one attached hydrogen (secondary N) is 1. The summed E-state index contributed by atoms with van der Waals surface area (Å²) < 4.78 is 30.8. The third kappa shape index (κ3) is 4.79. The van der Waals surface area contributed by atoms with Crippen LogP contribution in [0.25, 0.3) is 0 Å². The Morgan fingerprint density at radius 1 is 1.47 bits per heavy atom. The van der Waals surface area contributed by atoms with Crippen LogP contribution in [0.15, 0.2) is 29.2 Å². The monoisotopic (exact) mass is 308 g/mol. The van der Waals surface area contributed by atoms with Gasteiger partial charge in [-0.25, -0.2) is 17.9 Å². The minimum absolute atomic E-state index is 0. The van der Waals surface area contributed by atoms with Gasteiger partial charge in [-0.3, -0.25) is 0 Å². The number of esters is 1. The molecule has 0 aliphatic rings. The van der Waals surface area contributed by atoms with Gasteiger partial charge in [0.2, 0.25) is 10.0 Å². The molecular weight excluding hydrogens is 292 g/mol. The molecule has 3 N–H and O–H groups in total. The summed E-state index contributed by atoms with van der Waals surface area (Å²) in [5.74, 6) is -0.584. The van der Waals surface area contributed by atoms with Crippen molar-refractivity contribution in [2.24, 2.45) is 5.73 Å². The van der Waals surface area contributed by atoms with E-state index in [4.69, 9.17) is 5.73 Å². The van der Waals surface area contributed by atoms with E-state index in [2.05, 4.69) is 9.46 Å². The molecule has 0 aliphatic carbocycles. The molecule has 0 radical (unpaired) electrons. The van der Waals surface area contributed by atoms with Gasteiger partial charge in [0.15, 0.2) is 0 Å². The van der Waals surface area contributed by atoms with Crippen molar-refractivity contribution in [3.8, 4) is 0 Å². The molecule has 1 atom stereocenters. The lowest BCUT2D eigenvalue weighted by atomic mass is 10.2. The van der Waals surface area contributed by atoms with Crippen molar-refractivity contribution in [1.29, 1.82) is 0 Å². The van der Waals surface area contributed by atoms with Gasteiger partial charge in [0.25, 0.3) is 0 Å². The normalized spacial score (nSPS) is 12.4. The Hall–Kier alpha value is -1.15. The molecule has 0 heterocycles. The molecule has 0 saturated carbocycles. The summed E-state index contributed by atoms with van der Waals surface area (Å²) in [4.78, 5) is 11.3. The fourth-order valence-electron chi connectivity index (χ4n) is 1.29. The summed E-state index contributed by atoms with van der Waals surface area (Å²) in [6, 6.07) is 5.25. The SMILES string of the molecule is COC(=O)c1cccc(S(=O)(=O)N[C@@H](C)CN)c1.Cl. The summed E-state index contributed by atoms with van der Waals surface area (Å²) in [5, 5.41) is 0. The average Bonchev–Trinajstić information content (AvgIpc) is 2.37. The summed E-state index contributed by atoms with van der Waals surface area (Å²) in [6.07, 6.45) is 0. The number of carbonyl (C=O) groups is 1. The van der Waals surface area contributed by atoms with Crippen LogP contribution in [-0.4, -0.2) is 34.1 Å². The molecule has 6 nitrogen and oxygen atoms in total. The predicted molar refractivity (Wildman–Crippen MR) is 73.9 cm³/mol. The smallest absolute Gasteiger partial charge is 0.337 e. The molecule has 19 heavy (non-hydrogen) atoms. The van der Waals surface area contributed by atoms with Crippen molar-refractivity contribution < 1.29 is 17.9 Å². The van der Waals surface area contributed by atoms with Crippen molar-refractivity contribution in [3.63, 3.8) is 0 Å². The number of rotatable bonds is 5. The quantitative estimate of drug-likeness (QED) is 0.773. The minimum Gasteiger partial charge on any atom is -0.465 e. The molecule has 0 aromatic heterocycles. The van der Waals surface area contributed by atoms with Crippen LogP contribution in [0.3, 0.4) is 0 Å². The van der Waals surface area contributed by atoms with Gasteiger partial charge in [-0.1, -0.05) is 6.07 Å². The zero-order chi connectivity index (χ0) is 13.8. The molecule has 1 rings (SSSR count). The van der Waals surface area contributed by atoms with E-state index in [1.165, 1.54) is 31.4 Å². The van der Waals surface area contributed by atoms with Crippen LogP contribution in [0.4, 0.5) is 0 Å². The van der Waals surface area contributed by atoms with Gasteiger partial charge < -0.3 is 10.5 Å². The lowest BCUT2D eigenvalue weighted by Gasteiger charge is -2.12. The zero-order valence-corrected chi connectivity index (χ0v) is 12.3. The maximum Gasteiger partial charge on any atom is 0.337 e. The highest BCUT2D eigenvalue weighted by Crippen LogP contribution is 2.12. The van der Waals surface area contributed by atoms with Gasteiger partial charge in [-0.15, -0.1) is 12.4 Å². The van der Waals surface area contributed by atoms with E-state index in [1.807, 2.05) is 0 Å². The second kappa shape index (κ2) is 7.44. The lowest BCUT2D eigenvalue weighted by Crippen LogP contribution is -2.37. The summed E-state index contributed by atoms with van der Waals surface area (Å²) >= 11 is 0. The van der Waals surface area contributed by atoms with Crippen LogP contribution in [0.1, 0.15) is 17.3 Å². The van der Waals surface area contributed by atoms with Gasteiger partial charge in [0, 0.05) is 12.6 Å². The number of carbonyl (C=O) groups excluding carboxylic acids is 1. The Morgan fingerprint density at radius 3 is 2.63 bits per heavy atom. The van der Waals surface area contributed by atoms with Crippen LogP contribution in [-0.2, 0) is 14.8 Å². The molecular formula is C11H17ClN2O4S. The number of sulfonamides is 1. The van der Waals surface area contributed by atoms with Crippen molar-refractivity contribution in [3.05, 3.63) is 29.8 Å². The molecule has 0 amide bonds. The Labute approximate surface area is 118 Å². The second-order valence-corrected chi connectivity index (χ2v) is 5.49. The summed E-state index contributed by atoms with van der Waals surface area (Å²) in [5.41, 5.74) is 5.54. The van der Waals surface area contributed by atoms with Crippen LogP contribution < -0.4 is 10.5 Å². The first-order chi connectivity index (χ1) is 8.40. The topological polar surface area (TPSA) is 98.5 Å². The van der Waals surface area contributed by atoms with Crippen molar-refractivity contribution in [1.82, 2.24) is 4.72 Å². The molecule has 0 fully saturated rings. The molecule has 1 aromatic carbocycles. The highest BCUT2D eigenvalue weighted by atomic mass is 35.5. The maximum atomic E-state index is 11.9. The number of hydrogen-bond donors (Lipinski definition) is 2. The molecule has 0 spiro atoms. The first-order valence-corrected chi connectivity index (χ1v) is 6.80. The molecule has 0 saturated heterocycles. The van der Waals surface area contributed by atoms with E-state index in [0.29, 0.717) is 0 Å². The summed E-state index contributed by atoms with van der Waals surface area (Å²) in [7, 11) is -2.44. The predicted octanol–water partition coefficient (Wildman–Crippen LogP) is 0.520. The van der Waals surface area contributed by atoms with Crippen LogP contribution >= 0.6 is 12.4 Å². The fraction of sp³-hybridized carbons (Fsp3) is 0.364. The zero-order valence-electron chi connectivity index (χ0n) is 10.6. The van der Waals surface area contributed by atoms with E-state index in [-0.39, 0.29) is 35.5 Å². The number of hydrogen-bond acceptors (Lipinski definition) is 5. The minimum atomic E-state index is -3.67. The number of ether oxygens (including phenoxy) is 1. The Kier molecular flexibility index (Phi) is 6.99. The van der Waals surface area contributed by atoms with E-state index in [1.54, 1.807) is 6.92 Å². The second-order valence-electron chi connectivity index (χ2n) is 3.78. The lowest BCUT2D eigenvalue weighted by molar-refractivity contribution is 0.0600. The molecule has 0 bridgehead atoms. The van der Waals surface area contributed by atoms with E-state index in [0.717, 1.165) is 0 Å². The van der Waals surface area contributed by atoms with Crippen molar-refractivity contribution in [2.75, 3.05) is 13.7 Å². The maximum absolute atomic E-state index is 11.9. The largest absolute Gasteiger partial charge is 0.465 e. The van der Waals surface area contributed by atoms with Crippen molar-refractivity contribution >= 4 is 28.4 Å². The highest BCUT2D eigenvalue weighted by molar-refractivity contribution is 7.89. The Bertz CT molecular complexity index is 533. The first kappa shape index (κ1) is 17.8. The van der Waals surface area contributed by atoms with E-state index < -0.39 is 16.0 Å². The van der Waals surface area contributed by atoms with E-state index >= 15 is 0 Å². The van der Waals surface area contributed by atoms with Gasteiger partial charge >= 0.3 is 5.97 Å². The molecule has 108 valence electrons. The van der Waals surface area contributed by atoms with Gasteiger partial charge in [-0.2, -0.15) is 0 Å². The fourth-order valence-corrected chi connectivity index (χ4v) is 2.59. The molecule has 8 heteroatoms. The molecule has 1 aromatic rings. The third-order valence-electron chi connectivity index (χ3n) is 2.28. The number of nitrogens with two attached hydrogens (primary N) is 1. The van der Waals surface area contributed by atoms with Gasteiger partial charge in [0.1, 0.15) is 0 Å². The first-order valence-electron chi connectivity index (χ1n) is 5.31. The van der Waals surface area contributed by atoms with Gasteiger partial charge in [-0.05, 0) is 25.1 Å². The average molecular weight is 309 g/mol. The van der Waals surface area contributed by atoms with Crippen LogP contribution in [0, 0.1) is 0 Å². The Balaban J connectivity index is 0.00000324. The molecule has 0 unspecified atom stereocenters. The number of benzene rings is 1. The Morgan fingerprint density at radius 2 is 2.11 bits per heavy atom. The molecule has 0 aliphatic heterocycles. The highest BCUT2D eigenvalue weighted by Gasteiger charge is 2.18. The number of halogens is 1. The number of methoxy groups -OCH3 is 1. The van der Waals surface area contributed by atoms with Crippen LogP contribution in [0.2, 0.25) is 0 Å². The summed E-state index contributed by atoms with van der Waals surface area (Å²) in [6.45, 7) is 1.84. The standard InChI is InChI=1S/C11H16N2O4S.ClH/c1-8(7-12)13-18(15,16)10-5-3-4-9(6-10)11(14)17-2;/h3-6,8,13H,7,12H2,1-2H3;1H/t8-;/m0./s1. The van der Waals surface area contributed by atoms with Gasteiger partial charge in [0.05, 0.1) is 17.6 Å².